The Morgan fingerprint density at radius 1 is 1.21 bits per heavy atom. The maximum Gasteiger partial charge on any atom is 0.123 e. The summed E-state index contributed by atoms with van der Waals surface area (Å²) in [6.07, 6.45) is 5.31. The average molecular weight is 322 g/mol. The zero-order valence-electron chi connectivity index (χ0n) is 13.3. The molecule has 0 radical (unpaired) electrons. The molecular formula is C20H17FNO2-. The quantitative estimate of drug-likeness (QED) is 0.863. The maximum atomic E-state index is 13.3. The van der Waals surface area contributed by atoms with Crippen LogP contribution in [0.25, 0.3) is 0 Å². The Labute approximate surface area is 139 Å². The minimum absolute atomic E-state index is 0.0220. The monoisotopic (exact) mass is 322 g/mol. The van der Waals surface area contributed by atoms with Gasteiger partial charge in [0, 0.05) is 17.2 Å². The van der Waals surface area contributed by atoms with E-state index in [2.05, 4.69) is 17.5 Å². The van der Waals surface area contributed by atoms with Crippen molar-refractivity contribution in [3.05, 3.63) is 76.6 Å². The minimum Gasteiger partial charge on any atom is -0.545 e. The molecule has 0 bridgehead atoms. The summed E-state index contributed by atoms with van der Waals surface area (Å²) in [5, 5.41) is 14.8. The average Bonchev–Trinajstić information content (AvgIpc) is 3.05. The van der Waals surface area contributed by atoms with Crippen LogP contribution in [0.1, 0.15) is 45.4 Å². The third-order valence-corrected chi connectivity index (χ3v) is 5.25. The fourth-order valence-electron chi connectivity index (χ4n) is 4.04. The number of carboxylic acid groups (broad SMARTS) is 1. The lowest BCUT2D eigenvalue weighted by molar-refractivity contribution is -0.255. The largest absolute Gasteiger partial charge is 0.545 e. The van der Waals surface area contributed by atoms with E-state index in [1.807, 2.05) is 6.07 Å². The highest BCUT2D eigenvalue weighted by Gasteiger charge is 2.38. The van der Waals surface area contributed by atoms with Gasteiger partial charge in [-0.1, -0.05) is 36.4 Å². The van der Waals surface area contributed by atoms with Gasteiger partial charge in [-0.15, -0.1) is 0 Å². The van der Waals surface area contributed by atoms with Crippen LogP contribution in [0.5, 0.6) is 0 Å². The molecule has 0 saturated carbocycles. The first kappa shape index (κ1) is 14.9. The maximum absolute atomic E-state index is 13.3. The van der Waals surface area contributed by atoms with Crippen molar-refractivity contribution in [2.45, 2.75) is 25.3 Å². The van der Waals surface area contributed by atoms with Crippen LogP contribution in [0, 0.1) is 18.7 Å². The van der Waals surface area contributed by atoms with Crippen molar-refractivity contribution in [2.75, 3.05) is 5.32 Å². The van der Waals surface area contributed by atoms with Gasteiger partial charge in [-0.05, 0) is 48.1 Å². The second kappa shape index (κ2) is 5.48. The number of hydrogen-bond acceptors (Lipinski definition) is 3. The van der Waals surface area contributed by atoms with Gasteiger partial charge in [0.05, 0.1) is 12.0 Å². The SMILES string of the molecule is Cc1c(C(=O)[O-])ccc2c1N[C@@H](c1ccc(F)cc1)[C@H]1CC=C[C@H]21. The number of halogens is 1. The molecule has 122 valence electrons. The summed E-state index contributed by atoms with van der Waals surface area (Å²) in [6.45, 7) is 1.80. The molecule has 0 spiro atoms. The van der Waals surface area contributed by atoms with Crippen molar-refractivity contribution in [1.29, 1.82) is 0 Å². The molecule has 3 atom stereocenters. The Morgan fingerprint density at radius 3 is 2.67 bits per heavy atom. The molecule has 1 N–H and O–H groups in total. The van der Waals surface area contributed by atoms with E-state index in [0.717, 1.165) is 23.2 Å². The Kier molecular flexibility index (Phi) is 3.41. The van der Waals surface area contributed by atoms with Crippen LogP contribution in [0.2, 0.25) is 0 Å². The molecule has 2 aromatic carbocycles. The number of benzene rings is 2. The zero-order valence-corrected chi connectivity index (χ0v) is 13.3. The molecule has 1 heterocycles. The predicted molar refractivity (Wildman–Crippen MR) is 88.3 cm³/mol. The standard InChI is InChI=1S/C20H18FNO2/c1-11-14(20(23)24)9-10-17-15-3-2-4-16(15)19(22-18(11)17)12-5-7-13(21)8-6-12/h2-3,5-10,15-16,19,22H,4H2,1H3,(H,23,24)/p-1/t15-,16-,19-/m0/s1. The minimum atomic E-state index is -1.17. The molecule has 1 aliphatic carbocycles. The van der Waals surface area contributed by atoms with Gasteiger partial charge in [0.1, 0.15) is 5.82 Å². The Hall–Kier alpha value is -2.62. The van der Waals surface area contributed by atoms with Crippen LogP contribution in [0.4, 0.5) is 10.1 Å². The van der Waals surface area contributed by atoms with Crippen LogP contribution in [0.3, 0.4) is 0 Å². The van der Waals surface area contributed by atoms with Crippen LogP contribution in [0.15, 0.2) is 48.6 Å². The lowest BCUT2D eigenvalue weighted by atomic mass is 9.76. The highest BCUT2D eigenvalue weighted by atomic mass is 19.1. The number of hydrogen-bond donors (Lipinski definition) is 1. The highest BCUT2D eigenvalue weighted by Crippen LogP contribution is 2.50. The van der Waals surface area contributed by atoms with Crippen molar-refractivity contribution < 1.29 is 14.3 Å². The van der Waals surface area contributed by atoms with Crippen molar-refractivity contribution in [1.82, 2.24) is 0 Å². The van der Waals surface area contributed by atoms with Gasteiger partial charge in [0.15, 0.2) is 0 Å². The van der Waals surface area contributed by atoms with E-state index >= 15 is 0 Å². The van der Waals surface area contributed by atoms with Crippen LogP contribution in [-0.2, 0) is 0 Å². The zero-order chi connectivity index (χ0) is 16.8. The summed E-state index contributed by atoms with van der Waals surface area (Å²) >= 11 is 0. The molecule has 3 nitrogen and oxygen atoms in total. The fraction of sp³-hybridized carbons (Fsp3) is 0.250. The molecule has 0 fully saturated rings. The Bertz CT molecular complexity index is 841. The van der Waals surface area contributed by atoms with E-state index in [1.165, 1.54) is 12.1 Å². The summed E-state index contributed by atoms with van der Waals surface area (Å²) in [5.41, 5.74) is 3.89. The van der Waals surface area contributed by atoms with Crippen molar-refractivity contribution >= 4 is 11.7 Å². The molecule has 4 heteroatoms. The molecular weight excluding hydrogens is 305 g/mol. The van der Waals surface area contributed by atoms with Gasteiger partial charge in [0.2, 0.25) is 0 Å². The van der Waals surface area contributed by atoms with E-state index in [1.54, 1.807) is 25.1 Å². The third kappa shape index (κ3) is 2.21. The number of rotatable bonds is 2. The van der Waals surface area contributed by atoms with Gasteiger partial charge < -0.3 is 15.2 Å². The molecule has 0 amide bonds. The first-order chi connectivity index (χ1) is 11.6. The number of allylic oxidation sites excluding steroid dienone is 2. The summed E-state index contributed by atoms with van der Waals surface area (Å²) in [7, 11) is 0. The summed E-state index contributed by atoms with van der Waals surface area (Å²) in [4.78, 5) is 11.3. The van der Waals surface area contributed by atoms with Crippen LogP contribution in [-0.4, -0.2) is 5.97 Å². The van der Waals surface area contributed by atoms with E-state index in [4.69, 9.17) is 0 Å². The van der Waals surface area contributed by atoms with Crippen molar-refractivity contribution in [2.24, 2.45) is 5.92 Å². The Balaban J connectivity index is 1.83. The number of aromatic carboxylic acids is 1. The second-order valence-corrected chi connectivity index (χ2v) is 6.52. The molecule has 0 saturated heterocycles. The second-order valence-electron chi connectivity index (χ2n) is 6.52. The molecule has 0 aromatic heterocycles. The Morgan fingerprint density at radius 2 is 1.96 bits per heavy atom. The highest BCUT2D eigenvalue weighted by molar-refractivity contribution is 5.90. The normalized spacial score (nSPS) is 24.2. The molecule has 0 unspecified atom stereocenters. The van der Waals surface area contributed by atoms with Gasteiger partial charge in [-0.25, -0.2) is 4.39 Å². The van der Waals surface area contributed by atoms with Crippen LogP contribution < -0.4 is 10.4 Å². The van der Waals surface area contributed by atoms with Crippen molar-refractivity contribution in [3.63, 3.8) is 0 Å². The first-order valence-corrected chi connectivity index (χ1v) is 8.10. The lowest BCUT2D eigenvalue weighted by Crippen LogP contribution is -2.31. The van der Waals surface area contributed by atoms with Gasteiger partial charge in [0.25, 0.3) is 0 Å². The van der Waals surface area contributed by atoms with E-state index in [0.29, 0.717) is 11.5 Å². The van der Waals surface area contributed by atoms with Gasteiger partial charge in [-0.2, -0.15) is 0 Å². The number of carboxylic acids is 1. The number of nitrogens with one attached hydrogen (secondary N) is 1. The van der Waals surface area contributed by atoms with E-state index < -0.39 is 5.97 Å². The van der Waals surface area contributed by atoms with E-state index in [-0.39, 0.29) is 23.3 Å². The number of carbonyl (C=O) groups is 1. The molecule has 2 aromatic rings. The van der Waals surface area contributed by atoms with Gasteiger partial charge in [-0.3, -0.25) is 0 Å². The van der Waals surface area contributed by atoms with Crippen LogP contribution >= 0.6 is 0 Å². The van der Waals surface area contributed by atoms with Crippen molar-refractivity contribution in [3.8, 4) is 0 Å². The van der Waals surface area contributed by atoms with E-state index in [9.17, 15) is 14.3 Å². The predicted octanol–water partition coefficient (Wildman–Crippen LogP) is 3.32. The molecule has 1 aliphatic heterocycles. The number of fused-ring (bicyclic) bond motifs is 3. The molecule has 4 rings (SSSR count). The summed E-state index contributed by atoms with van der Waals surface area (Å²) in [5.74, 6) is -0.840. The molecule has 24 heavy (non-hydrogen) atoms. The fourth-order valence-corrected chi connectivity index (χ4v) is 4.04. The lowest BCUT2D eigenvalue weighted by Gasteiger charge is -2.38. The smallest absolute Gasteiger partial charge is 0.123 e. The topological polar surface area (TPSA) is 52.2 Å². The third-order valence-electron chi connectivity index (χ3n) is 5.25. The number of anilines is 1. The number of carbonyl (C=O) groups excluding carboxylic acids is 1. The summed E-state index contributed by atoms with van der Waals surface area (Å²) in [6, 6.07) is 10.1. The van der Waals surface area contributed by atoms with Gasteiger partial charge >= 0.3 is 0 Å². The summed E-state index contributed by atoms with van der Waals surface area (Å²) < 4.78 is 13.3. The first-order valence-electron chi connectivity index (χ1n) is 8.10. The molecule has 2 aliphatic rings.